The predicted octanol–water partition coefficient (Wildman–Crippen LogP) is 3.05. The Bertz CT molecular complexity index is 1710. The fourth-order valence-corrected chi connectivity index (χ4v) is 4.54. The molecule has 2 amide bonds. The number of imide groups is 1. The number of aliphatic hydroxyl groups is 2. The van der Waals surface area contributed by atoms with E-state index in [-0.39, 0.29) is 43.1 Å². The summed E-state index contributed by atoms with van der Waals surface area (Å²) >= 11 is 0. The second-order valence-corrected chi connectivity index (χ2v) is 11.8. The Morgan fingerprint density at radius 2 is 1.04 bits per heavy atom. The van der Waals surface area contributed by atoms with Gasteiger partial charge in [-0.25, -0.2) is 4.79 Å². The molecule has 3 aromatic carbocycles. The number of rotatable bonds is 15. The highest BCUT2D eigenvalue weighted by atomic mass is 16.6. The Kier molecular flexibility index (Phi) is 10.8. The highest BCUT2D eigenvalue weighted by Gasteiger charge is 2.37. The van der Waals surface area contributed by atoms with Gasteiger partial charge in [0.25, 0.3) is 11.8 Å². The molecule has 3 aromatic rings. The summed E-state index contributed by atoms with van der Waals surface area (Å²) in [5, 5.41) is 19.7. The van der Waals surface area contributed by atoms with E-state index in [9.17, 15) is 39.0 Å². The van der Waals surface area contributed by atoms with Crippen LogP contribution in [-0.4, -0.2) is 94.6 Å². The van der Waals surface area contributed by atoms with Gasteiger partial charge in [-0.15, -0.1) is 0 Å². The second-order valence-electron chi connectivity index (χ2n) is 11.8. The number of ether oxygens (including phenoxy) is 4. The quantitative estimate of drug-likeness (QED) is 0.105. The van der Waals surface area contributed by atoms with Crippen molar-refractivity contribution in [2.75, 3.05) is 33.0 Å². The van der Waals surface area contributed by atoms with Gasteiger partial charge in [0.05, 0.1) is 16.7 Å². The maximum atomic E-state index is 12.9. The topological polar surface area (TPSA) is 183 Å². The number of carbonyl (C=O) groups excluding carboxylic acids is 6. The zero-order valence-electron chi connectivity index (χ0n) is 26.8. The van der Waals surface area contributed by atoms with Gasteiger partial charge in [0.2, 0.25) is 0 Å². The third-order valence-electron chi connectivity index (χ3n) is 7.04. The minimum Gasteiger partial charge on any atom is -0.490 e. The molecule has 0 bridgehead atoms. The number of Topliss-reactive ketones (excluding diaryl/α,β-unsaturated/α-hetero) is 2. The van der Waals surface area contributed by atoms with Crippen LogP contribution in [0.5, 0.6) is 11.5 Å². The molecule has 2 N–H and O–H groups in total. The molecule has 0 saturated carbocycles. The van der Waals surface area contributed by atoms with E-state index < -0.39 is 53.1 Å². The molecule has 13 heteroatoms. The number of amides is 2. The van der Waals surface area contributed by atoms with Gasteiger partial charge in [-0.3, -0.25) is 28.9 Å². The van der Waals surface area contributed by atoms with Gasteiger partial charge in [-0.05, 0) is 94.4 Å². The molecule has 1 aliphatic heterocycles. The number of benzene rings is 3. The zero-order valence-corrected chi connectivity index (χ0v) is 26.8. The lowest BCUT2D eigenvalue weighted by molar-refractivity contribution is -0.144. The lowest BCUT2D eigenvalue weighted by Crippen LogP contribution is -2.36. The summed E-state index contributed by atoms with van der Waals surface area (Å²) in [5.74, 6) is -3.17. The third kappa shape index (κ3) is 8.69. The first-order valence-corrected chi connectivity index (χ1v) is 14.9. The van der Waals surface area contributed by atoms with Crippen molar-refractivity contribution in [1.82, 2.24) is 4.90 Å². The summed E-state index contributed by atoms with van der Waals surface area (Å²) in [7, 11) is 0. The number of esters is 2. The maximum Gasteiger partial charge on any atom is 0.338 e. The van der Waals surface area contributed by atoms with Crippen LogP contribution in [0.3, 0.4) is 0 Å². The summed E-state index contributed by atoms with van der Waals surface area (Å²) in [6, 6.07) is 16.0. The first-order valence-electron chi connectivity index (χ1n) is 14.9. The lowest BCUT2D eigenvalue weighted by Gasteiger charge is -2.15. The van der Waals surface area contributed by atoms with Crippen molar-refractivity contribution >= 4 is 35.3 Å². The molecule has 48 heavy (non-hydrogen) atoms. The summed E-state index contributed by atoms with van der Waals surface area (Å²) in [6.45, 7) is 4.55. The number of hydrogen-bond donors (Lipinski definition) is 2. The molecule has 4 rings (SSSR count). The molecule has 0 aromatic heterocycles. The molecule has 13 nitrogen and oxygen atoms in total. The van der Waals surface area contributed by atoms with Crippen LogP contribution < -0.4 is 9.47 Å². The molecule has 252 valence electrons. The molecule has 0 saturated heterocycles. The minimum atomic E-state index is -1.51. The van der Waals surface area contributed by atoms with E-state index in [1.54, 1.807) is 12.1 Å². The standard InChI is InChI=1S/C35H35NO12/c1-34(2,43)29(38)21-5-10-24(11-6-21)45-15-17-47-28(37)20-36-31(40)26-14-9-23(19-27(26)32(36)41)33(42)48-18-16-46-25-12-7-22(8-13-25)30(39)35(3,4)44/h5-14,19,43-44H,15-18,20H2,1-4H3. The van der Waals surface area contributed by atoms with Gasteiger partial charge >= 0.3 is 11.9 Å². The lowest BCUT2D eigenvalue weighted by atomic mass is 9.97. The van der Waals surface area contributed by atoms with E-state index in [4.69, 9.17) is 18.9 Å². The van der Waals surface area contributed by atoms with Gasteiger partial charge in [-0.2, -0.15) is 0 Å². The molecule has 1 heterocycles. The SMILES string of the molecule is CC(C)(O)C(=O)c1ccc(OCCOC(=O)CN2C(=O)c3ccc(C(=O)OCCOc4ccc(C(=O)C(C)(C)O)cc4)cc3C2=O)cc1. The smallest absolute Gasteiger partial charge is 0.338 e. The number of carbonyl (C=O) groups is 6. The Balaban J connectivity index is 1.21. The average molecular weight is 662 g/mol. The van der Waals surface area contributed by atoms with Crippen LogP contribution in [0.2, 0.25) is 0 Å². The van der Waals surface area contributed by atoms with Crippen LogP contribution in [0, 0.1) is 0 Å². The van der Waals surface area contributed by atoms with Gasteiger partial charge < -0.3 is 29.2 Å². The highest BCUT2D eigenvalue weighted by molar-refractivity contribution is 6.22. The van der Waals surface area contributed by atoms with Crippen LogP contribution in [0.15, 0.2) is 66.7 Å². The zero-order chi connectivity index (χ0) is 35.2. The van der Waals surface area contributed by atoms with Gasteiger partial charge in [-0.1, -0.05) is 0 Å². The molecular formula is C35H35NO12. The molecule has 0 spiro atoms. The molecule has 0 atom stereocenters. The van der Waals surface area contributed by atoms with E-state index in [0.29, 0.717) is 22.6 Å². The first kappa shape index (κ1) is 35.5. The van der Waals surface area contributed by atoms with Crippen molar-refractivity contribution in [2.45, 2.75) is 38.9 Å². The summed E-state index contributed by atoms with van der Waals surface area (Å²) in [6.07, 6.45) is 0. The second kappa shape index (κ2) is 14.6. The fraction of sp³-hybridized carbons (Fsp3) is 0.314. The Morgan fingerprint density at radius 3 is 1.52 bits per heavy atom. The monoisotopic (exact) mass is 661 g/mol. The van der Waals surface area contributed by atoms with Gasteiger partial charge in [0.15, 0.2) is 11.6 Å². The van der Waals surface area contributed by atoms with Crippen LogP contribution in [0.4, 0.5) is 0 Å². The molecule has 0 radical (unpaired) electrons. The largest absolute Gasteiger partial charge is 0.490 e. The molecule has 1 aliphatic rings. The van der Waals surface area contributed by atoms with Crippen molar-refractivity contribution in [3.05, 3.63) is 94.5 Å². The van der Waals surface area contributed by atoms with Gasteiger partial charge in [0, 0.05) is 11.1 Å². The van der Waals surface area contributed by atoms with Crippen molar-refractivity contribution in [3.63, 3.8) is 0 Å². The fourth-order valence-electron chi connectivity index (χ4n) is 4.54. The molecule has 0 aliphatic carbocycles. The number of hydrogen-bond acceptors (Lipinski definition) is 12. The number of ketones is 2. The number of fused-ring (bicyclic) bond motifs is 1. The molecule has 0 fully saturated rings. The van der Waals surface area contributed by atoms with Crippen molar-refractivity contribution in [2.24, 2.45) is 0 Å². The van der Waals surface area contributed by atoms with E-state index in [0.717, 1.165) is 4.90 Å². The van der Waals surface area contributed by atoms with Crippen molar-refractivity contribution < 1.29 is 57.9 Å². The molecular weight excluding hydrogens is 626 g/mol. The third-order valence-corrected chi connectivity index (χ3v) is 7.04. The van der Waals surface area contributed by atoms with Gasteiger partial charge in [0.1, 0.15) is 55.7 Å². The van der Waals surface area contributed by atoms with Crippen LogP contribution in [0.25, 0.3) is 0 Å². The average Bonchev–Trinajstić information content (AvgIpc) is 3.28. The van der Waals surface area contributed by atoms with Crippen LogP contribution in [-0.2, 0) is 14.3 Å². The Labute approximate surface area is 276 Å². The summed E-state index contributed by atoms with van der Waals surface area (Å²) in [5.41, 5.74) is -2.42. The number of nitrogens with zero attached hydrogens (tertiary/aromatic N) is 1. The first-order chi connectivity index (χ1) is 22.6. The van der Waals surface area contributed by atoms with E-state index in [1.165, 1.54) is 82.3 Å². The minimum absolute atomic E-state index is 0.00970. The van der Waals surface area contributed by atoms with Crippen molar-refractivity contribution in [1.29, 1.82) is 0 Å². The van der Waals surface area contributed by atoms with Crippen LogP contribution >= 0.6 is 0 Å². The predicted molar refractivity (Wildman–Crippen MR) is 168 cm³/mol. The Hall–Kier alpha value is -5.40. The normalized spacial score (nSPS) is 12.8. The Morgan fingerprint density at radius 1 is 0.604 bits per heavy atom. The molecule has 0 unspecified atom stereocenters. The van der Waals surface area contributed by atoms with E-state index in [2.05, 4.69) is 0 Å². The summed E-state index contributed by atoms with van der Waals surface area (Å²) < 4.78 is 21.3. The maximum absolute atomic E-state index is 12.9. The summed E-state index contributed by atoms with van der Waals surface area (Å²) in [4.78, 5) is 75.7. The van der Waals surface area contributed by atoms with Crippen molar-refractivity contribution in [3.8, 4) is 11.5 Å². The van der Waals surface area contributed by atoms with E-state index in [1.807, 2.05) is 0 Å². The van der Waals surface area contributed by atoms with E-state index >= 15 is 0 Å². The van der Waals surface area contributed by atoms with Crippen LogP contribution in [0.1, 0.15) is 79.5 Å². The highest BCUT2D eigenvalue weighted by Crippen LogP contribution is 2.25.